The third kappa shape index (κ3) is 6.69. The van der Waals surface area contributed by atoms with E-state index in [9.17, 15) is 13.2 Å². The van der Waals surface area contributed by atoms with E-state index in [4.69, 9.17) is 0 Å². The highest BCUT2D eigenvalue weighted by Gasteiger charge is 2.36. The summed E-state index contributed by atoms with van der Waals surface area (Å²) in [7, 11) is 0. The van der Waals surface area contributed by atoms with Crippen molar-refractivity contribution in [2.75, 3.05) is 26.2 Å². The molecule has 2 rings (SSSR count). The average Bonchev–Trinajstić information content (AvgIpc) is 2.37. The lowest BCUT2D eigenvalue weighted by Crippen LogP contribution is -2.46. The zero-order chi connectivity index (χ0) is 13.9. The van der Waals surface area contributed by atoms with E-state index in [0.29, 0.717) is 31.9 Å². The molecule has 0 radical (unpaired) electrons. The highest BCUT2D eigenvalue weighted by atomic mass is 79.9. The van der Waals surface area contributed by atoms with Crippen molar-refractivity contribution in [1.82, 2.24) is 15.2 Å². The molecule has 1 aromatic rings. The normalized spacial score (nSPS) is 17.5. The zero-order valence-electron chi connectivity index (χ0n) is 11.1. The topological polar surface area (TPSA) is 28.2 Å². The number of hydrogen-bond donors (Lipinski definition) is 1. The molecule has 21 heavy (non-hydrogen) atoms. The van der Waals surface area contributed by atoms with E-state index in [0.717, 1.165) is 4.47 Å². The van der Waals surface area contributed by atoms with Crippen LogP contribution in [0.15, 0.2) is 22.8 Å². The Kier molecular flexibility index (Phi) is 9.11. The number of nitrogens with zero attached hydrogens (tertiary/aromatic N) is 2. The Balaban J connectivity index is 0.00000200. The lowest BCUT2D eigenvalue weighted by atomic mass is 10.1. The fourth-order valence-electron chi connectivity index (χ4n) is 2.22. The van der Waals surface area contributed by atoms with E-state index in [1.807, 2.05) is 4.90 Å². The van der Waals surface area contributed by atoms with Gasteiger partial charge in [-0.25, -0.2) is 0 Å². The molecule has 2 heterocycles. The van der Waals surface area contributed by atoms with Gasteiger partial charge in [0.1, 0.15) is 0 Å². The van der Waals surface area contributed by atoms with E-state index in [1.165, 1.54) is 0 Å². The predicted octanol–water partition coefficient (Wildman–Crippen LogP) is 3.59. The van der Waals surface area contributed by atoms with E-state index in [2.05, 4.69) is 26.2 Å². The second-order valence-corrected chi connectivity index (χ2v) is 5.44. The number of rotatable bonds is 3. The minimum absolute atomic E-state index is 0. The van der Waals surface area contributed by atoms with Crippen LogP contribution in [0.1, 0.15) is 18.2 Å². The number of halogens is 6. The Morgan fingerprint density at radius 1 is 1.24 bits per heavy atom. The highest BCUT2D eigenvalue weighted by molar-refractivity contribution is 9.10. The SMILES string of the molecule is Cl.Cl.FC(F)(F)C[C@H](c1ccc(Br)cn1)N1CCNCC1. The van der Waals surface area contributed by atoms with Gasteiger partial charge in [-0.3, -0.25) is 9.88 Å². The maximum absolute atomic E-state index is 12.7. The highest BCUT2D eigenvalue weighted by Crippen LogP contribution is 2.33. The van der Waals surface area contributed by atoms with Gasteiger partial charge in [-0.05, 0) is 28.1 Å². The summed E-state index contributed by atoms with van der Waals surface area (Å²) in [5.74, 6) is 0. The zero-order valence-corrected chi connectivity index (χ0v) is 14.3. The molecule has 1 saturated heterocycles. The first-order valence-corrected chi connectivity index (χ1v) is 6.88. The van der Waals surface area contributed by atoms with Crippen molar-refractivity contribution in [3.63, 3.8) is 0 Å². The molecule has 9 heteroatoms. The maximum Gasteiger partial charge on any atom is 0.391 e. The number of hydrogen-bond acceptors (Lipinski definition) is 3. The van der Waals surface area contributed by atoms with Gasteiger partial charge in [0.2, 0.25) is 0 Å². The molecule has 0 bridgehead atoms. The standard InChI is InChI=1S/C12H15BrF3N3.2ClH/c13-9-1-2-10(18-8-9)11(7-12(14,15)16)19-5-3-17-4-6-19;;/h1-2,8,11,17H,3-7H2;2*1H/t11-;;/m1../s1. The van der Waals surface area contributed by atoms with Crippen LogP contribution < -0.4 is 5.32 Å². The molecule has 1 aliphatic rings. The van der Waals surface area contributed by atoms with Crippen LogP contribution in [0.2, 0.25) is 0 Å². The van der Waals surface area contributed by atoms with Gasteiger partial charge >= 0.3 is 6.18 Å². The molecule has 3 nitrogen and oxygen atoms in total. The van der Waals surface area contributed by atoms with Crippen molar-refractivity contribution in [1.29, 1.82) is 0 Å². The summed E-state index contributed by atoms with van der Waals surface area (Å²) >= 11 is 3.24. The van der Waals surface area contributed by atoms with E-state index in [-0.39, 0.29) is 24.8 Å². The van der Waals surface area contributed by atoms with Crippen LogP contribution in [0.3, 0.4) is 0 Å². The molecule has 0 aromatic carbocycles. The summed E-state index contributed by atoms with van der Waals surface area (Å²) in [5, 5.41) is 3.14. The number of aromatic nitrogens is 1. The minimum Gasteiger partial charge on any atom is -0.314 e. The Bertz CT molecular complexity index is 411. The lowest BCUT2D eigenvalue weighted by Gasteiger charge is -2.35. The van der Waals surface area contributed by atoms with Gasteiger partial charge in [-0.1, -0.05) is 0 Å². The van der Waals surface area contributed by atoms with Gasteiger partial charge in [-0.15, -0.1) is 24.8 Å². The molecule has 0 unspecified atom stereocenters. The van der Waals surface area contributed by atoms with E-state index >= 15 is 0 Å². The molecule has 1 fully saturated rings. The van der Waals surface area contributed by atoms with Gasteiger partial charge in [0.15, 0.2) is 0 Å². The molecule has 0 spiro atoms. The Labute approximate surface area is 142 Å². The number of nitrogens with one attached hydrogen (secondary N) is 1. The van der Waals surface area contributed by atoms with Crippen LogP contribution in [0.4, 0.5) is 13.2 Å². The summed E-state index contributed by atoms with van der Waals surface area (Å²) in [6.07, 6.45) is -3.51. The number of alkyl halides is 3. The first-order valence-electron chi connectivity index (χ1n) is 6.09. The molecule has 1 N–H and O–H groups in total. The number of piperazine rings is 1. The van der Waals surface area contributed by atoms with Crippen LogP contribution in [0.25, 0.3) is 0 Å². The van der Waals surface area contributed by atoms with Crippen LogP contribution in [-0.4, -0.2) is 42.2 Å². The predicted molar refractivity (Wildman–Crippen MR) is 84.3 cm³/mol. The fraction of sp³-hybridized carbons (Fsp3) is 0.583. The van der Waals surface area contributed by atoms with Gasteiger partial charge in [0, 0.05) is 36.8 Å². The smallest absolute Gasteiger partial charge is 0.314 e. The maximum atomic E-state index is 12.7. The van der Waals surface area contributed by atoms with Crippen molar-refractivity contribution in [3.05, 3.63) is 28.5 Å². The molecule has 1 atom stereocenters. The molecule has 1 aromatic heterocycles. The van der Waals surface area contributed by atoms with Crippen LogP contribution in [0, 0.1) is 0 Å². The minimum atomic E-state index is -4.19. The van der Waals surface area contributed by atoms with Crippen LogP contribution in [0.5, 0.6) is 0 Å². The third-order valence-corrected chi connectivity index (χ3v) is 3.58. The van der Waals surface area contributed by atoms with Gasteiger partial charge < -0.3 is 5.32 Å². The largest absolute Gasteiger partial charge is 0.391 e. The van der Waals surface area contributed by atoms with Crippen LogP contribution >= 0.6 is 40.7 Å². The monoisotopic (exact) mass is 409 g/mol. The van der Waals surface area contributed by atoms with Gasteiger partial charge in [0.05, 0.1) is 18.2 Å². The summed E-state index contributed by atoms with van der Waals surface area (Å²) in [6.45, 7) is 2.65. The summed E-state index contributed by atoms with van der Waals surface area (Å²) < 4.78 is 39.0. The third-order valence-electron chi connectivity index (χ3n) is 3.11. The fourth-order valence-corrected chi connectivity index (χ4v) is 2.45. The second-order valence-electron chi connectivity index (χ2n) is 4.52. The van der Waals surface area contributed by atoms with E-state index in [1.54, 1.807) is 18.3 Å². The second kappa shape index (κ2) is 9.15. The average molecular weight is 411 g/mol. The lowest BCUT2D eigenvalue weighted by molar-refractivity contribution is -0.149. The first kappa shape index (κ1) is 20.9. The summed E-state index contributed by atoms with van der Waals surface area (Å²) in [6, 6.07) is 2.69. The molecular weight excluding hydrogens is 394 g/mol. The van der Waals surface area contributed by atoms with Crippen molar-refractivity contribution < 1.29 is 13.2 Å². The van der Waals surface area contributed by atoms with Crippen LogP contribution in [-0.2, 0) is 0 Å². The van der Waals surface area contributed by atoms with Crippen molar-refractivity contribution in [2.24, 2.45) is 0 Å². The quantitative estimate of drug-likeness (QED) is 0.825. The Morgan fingerprint density at radius 2 is 1.86 bits per heavy atom. The molecule has 0 aliphatic carbocycles. The van der Waals surface area contributed by atoms with Crippen molar-refractivity contribution in [3.8, 4) is 0 Å². The molecule has 1 aliphatic heterocycles. The summed E-state index contributed by atoms with van der Waals surface area (Å²) in [5.41, 5.74) is 0.474. The van der Waals surface area contributed by atoms with Crippen molar-refractivity contribution in [2.45, 2.75) is 18.6 Å². The molecule has 122 valence electrons. The van der Waals surface area contributed by atoms with Gasteiger partial charge in [-0.2, -0.15) is 13.2 Å². The summed E-state index contributed by atoms with van der Waals surface area (Å²) in [4.78, 5) is 5.98. The molecule has 0 amide bonds. The first-order chi connectivity index (χ1) is 8.96. The number of pyridine rings is 1. The molecular formula is C12H17BrCl2F3N3. The van der Waals surface area contributed by atoms with Gasteiger partial charge in [0.25, 0.3) is 0 Å². The Hall–Kier alpha value is -0.0800. The molecule has 0 saturated carbocycles. The van der Waals surface area contributed by atoms with Crippen molar-refractivity contribution >= 4 is 40.7 Å². The Morgan fingerprint density at radius 3 is 2.33 bits per heavy atom. The van der Waals surface area contributed by atoms with E-state index < -0.39 is 18.6 Å².